The van der Waals surface area contributed by atoms with Gasteiger partial charge in [-0.3, -0.25) is 9.59 Å². The molecule has 0 unspecified atom stereocenters. The Balaban J connectivity index is 2.21. The van der Waals surface area contributed by atoms with Crippen LogP contribution in [0, 0.1) is 13.8 Å². The highest BCUT2D eigenvalue weighted by Crippen LogP contribution is 2.22. The Bertz CT molecular complexity index is 692. The molecule has 2 aromatic rings. The highest BCUT2D eigenvalue weighted by atomic mass is 16.2. The minimum absolute atomic E-state index is 0.0186. The lowest BCUT2D eigenvalue weighted by molar-refractivity contribution is -0.131. The molecule has 0 aliphatic rings. The molecule has 0 saturated heterocycles. The number of anilines is 1. The minimum Gasteiger partial charge on any atom is -0.337 e. The quantitative estimate of drug-likeness (QED) is 0.938. The summed E-state index contributed by atoms with van der Waals surface area (Å²) in [6, 6.07) is 9.72. The van der Waals surface area contributed by atoms with E-state index in [-0.39, 0.29) is 18.4 Å². The van der Waals surface area contributed by atoms with Crippen LogP contribution in [0.15, 0.2) is 30.3 Å². The molecule has 1 aromatic carbocycles. The topological polar surface area (TPSA) is 67.2 Å². The first kappa shape index (κ1) is 15.8. The zero-order chi connectivity index (χ0) is 16.3. The lowest BCUT2D eigenvalue weighted by Gasteiger charge is -2.14. The van der Waals surface area contributed by atoms with Gasteiger partial charge in [-0.15, -0.1) is 0 Å². The van der Waals surface area contributed by atoms with Crippen LogP contribution in [0.3, 0.4) is 0 Å². The summed E-state index contributed by atoms with van der Waals surface area (Å²) < 4.78 is 1.79. The van der Waals surface area contributed by atoms with Crippen molar-refractivity contribution in [2.75, 3.05) is 18.9 Å². The Morgan fingerprint density at radius 1 is 1.23 bits per heavy atom. The van der Waals surface area contributed by atoms with E-state index in [0.29, 0.717) is 5.69 Å². The molecule has 0 saturated carbocycles. The van der Waals surface area contributed by atoms with Gasteiger partial charge in [-0.2, -0.15) is 5.10 Å². The number of rotatable bonds is 4. The summed E-state index contributed by atoms with van der Waals surface area (Å²) in [4.78, 5) is 24.6. The van der Waals surface area contributed by atoms with Crippen LogP contribution in [0.5, 0.6) is 0 Å². The van der Waals surface area contributed by atoms with Crippen LogP contribution in [0.25, 0.3) is 5.69 Å². The monoisotopic (exact) mass is 300 g/mol. The molecule has 0 bridgehead atoms. The fraction of sp³-hybridized carbons (Fsp3) is 0.312. The van der Waals surface area contributed by atoms with Gasteiger partial charge in [0, 0.05) is 14.0 Å². The normalized spacial score (nSPS) is 10.4. The maximum Gasteiger partial charge on any atom is 0.244 e. The van der Waals surface area contributed by atoms with E-state index in [1.54, 1.807) is 11.7 Å². The fourth-order valence-corrected chi connectivity index (χ4v) is 2.15. The van der Waals surface area contributed by atoms with Gasteiger partial charge in [0.25, 0.3) is 0 Å². The molecule has 2 amide bonds. The van der Waals surface area contributed by atoms with E-state index in [1.807, 2.05) is 44.2 Å². The highest BCUT2D eigenvalue weighted by Gasteiger charge is 2.16. The van der Waals surface area contributed by atoms with E-state index in [2.05, 4.69) is 10.4 Å². The number of para-hydroxylation sites is 1. The molecule has 1 aromatic heterocycles. The summed E-state index contributed by atoms with van der Waals surface area (Å²) in [5, 5.41) is 7.31. The Morgan fingerprint density at radius 2 is 1.86 bits per heavy atom. The fourth-order valence-electron chi connectivity index (χ4n) is 2.15. The summed E-state index contributed by atoms with van der Waals surface area (Å²) in [5.74, 6) is -0.389. The standard InChI is InChI=1S/C16H20N4O2/c1-11-16(17-15(22)10-19(4)13(3)21)12(2)20(18-11)14-8-6-5-7-9-14/h5-9H,10H2,1-4H3,(H,17,22). The van der Waals surface area contributed by atoms with Crippen molar-refractivity contribution in [3.05, 3.63) is 41.7 Å². The van der Waals surface area contributed by atoms with E-state index in [0.717, 1.165) is 17.1 Å². The van der Waals surface area contributed by atoms with Gasteiger partial charge in [0.1, 0.15) is 0 Å². The molecule has 0 radical (unpaired) electrons. The van der Waals surface area contributed by atoms with E-state index in [9.17, 15) is 9.59 Å². The van der Waals surface area contributed by atoms with Crippen LogP contribution in [0.1, 0.15) is 18.3 Å². The highest BCUT2D eigenvalue weighted by molar-refractivity contribution is 5.95. The van der Waals surface area contributed by atoms with Crippen LogP contribution in [0.4, 0.5) is 5.69 Å². The molecule has 22 heavy (non-hydrogen) atoms. The maximum absolute atomic E-state index is 12.0. The van der Waals surface area contributed by atoms with E-state index >= 15 is 0 Å². The molecule has 6 heteroatoms. The molecule has 1 N–H and O–H groups in total. The van der Waals surface area contributed by atoms with Gasteiger partial charge in [0.05, 0.1) is 29.3 Å². The van der Waals surface area contributed by atoms with Crippen LogP contribution >= 0.6 is 0 Å². The number of amides is 2. The summed E-state index contributed by atoms with van der Waals surface area (Å²) in [6.07, 6.45) is 0. The Kier molecular flexibility index (Phi) is 4.60. The Hall–Kier alpha value is -2.63. The summed E-state index contributed by atoms with van der Waals surface area (Å²) in [7, 11) is 1.59. The number of aryl methyl sites for hydroxylation is 1. The van der Waals surface area contributed by atoms with Gasteiger partial charge in [0.2, 0.25) is 11.8 Å². The number of carbonyl (C=O) groups excluding carboxylic acids is 2. The molecule has 116 valence electrons. The van der Waals surface area contributed by atoms with Crippen molar-refractivity contribution < 1.29 is 9.59 Å². The van der Waals surface area contributed by atoms with Crippen LogP contribution in [-0.4, -0.2) is 40.1 Å². The lowest BCUT2D eigenvalue weighted by atomic mass is 10.3. The zero-order valence-corrected chi connectivity index (χ0v) is 13.3. The molecular formula is C16H20N4O2. The zero-order valence-electron chi connectivity index (χ0n) is 13.3. The minimum atomic E-state index is -0.239. The van der Waals surface area contributed by atoms with Crippen molar-refractivity contribution in [2.24, 2.45) is 0 Å². The average molecular weight is 300 g/mol. The van der Waals surface area contributed by atoms with Gasteiger partial charge in [-0.25, -0.2) is 4.68 Å². The van der Waals surface area contributed by atoms with Crippen molar-refractivity contribution in [2.45, 2.75) is 20.8 Å². The third-order valence-corrected chi connectivity index (χ3v) is 3.47. The maximum atomic E-state index is 12.0. The number of aromatic nitrogens is 2. The van der Waals surface area contributed by atoms with Gasteiger partial charge in [-0.05, 0) is 26.0 Å². The lowest BCUT2D eigenvalue weighted by Crippen LogP contribution is -2.33. The molecule has 0 aliphatic heterocycles. The number of hydrogen-bond donors (Lipinski definition) is 1. The molecular weight excluding hydrogens is 280 g/mol. The molecule has 0 fully saturated rings. The third kappa shape index (κ3) is 3.33. The van der Waals surface area contributed by atoms with Crippen molar-refractivity contribution in [3.63, 3.8) is 0 Å². The number of likely N-dealkylation sites (N-methyl/N-ethyl adjacent to an activating group) is 1. The molecule has 0 spiro atoms. The SMILES string of the molecule is CC(=O)N(C)CC(=O)Nc1c(C)nn(-c2ccccc2)c1C. The van der Waals surface area contributed by atoms with Crippen molar-refractivity contribution >= 4 is 17.5 Å². The molecule has 0 aliphatic carbocycles. The van der Waals surface area contributed by atoms with Gasteiger partial charge in [-0.1, -0.05) is 18.2 Å². The van der Waals surface area contributed by atoms with E-state index < -0.39 is 0 Å². The predicted molar refractivity (Wildman–Crippen MR) is 85.0 cm³/mol. The second-order valence-electron chi connectivity index (χ2n) is 5.22. The van der Waals surface area contributed by atoms with Crippen molar-refractivity contribution in [1.29, 1.82) is 0 Å². The Morgan fingerprint density at radius 3 is 2.45 bits per heavy atom. The Labute approximate surface area is 129 Å². The largest absolute Gasteiger partial charge is 0.337 e. The number of benzene rings is 1. The summed E-state index contributed by atoms with van der Waals surface area (Å²) in [6.45, 7) is 5.19. The van der Waals surface area contributed by atoms with Gasteiger partial charge in [0.15, 0.2) is 0 Å². The predicted octanol–water partition coefficient (Wildman–Crippen LogP) is 1.91. The van der Waals surface area contributed by atoms with Crippen molar-refractivity contribution in [1.82, 2.24) is 14.7 Å². The first-order valence-corrected chi connectivity index (χ1v) is 7.03. The second-order valence-corrected chi connectivity index (χ2v) is 5.22. The number of nitrogens with one attached hydrogen (secondary N) is 1. The van der Waals surface area contributed by atoms with Crippen LogP contribution in [0.2, 0.25) is 0 Å². The first-order chi connectivity index (χ1) is 10.4. The molecule has 6 nitrogen and oxygen atoms in total. The second kappa shape index (κ2) is 6.43. The van der Waals surface area contributed by atoms with Gasteiger partial charge >= 0.3 is 0 Å². The van der Waals surface area contributed by atoms with Crippen molar-refractivity contribution in [3.8, 4) is 5.69 Å². The number of carbonyl (C=O) groups is 2. The van der Waals surface area contributed by atoms with Gasteiger partial charge < -0.3 is 10.2 Å². The summed E-state index contributed by atoms with van der Waals surface area (Å²) in [5.41, 5.74) is 3.21. The third-order valence-electron chi connectivity index (χ3n) is 3.47. The first-order valence-electron chi connectivity index (χ1n) is 7.03. The summed E-state index contributed by atoms with van der Waals surface area (Å²) >= 11 is 0. The molecule has 2 rings (SSSR count). The van der Waals surface area contributed by atoms with E-state index in [4.69, 9.17) is 0 Å². The average Bonchev–Trinajstić information content (AvgIpc) is 2.76. The van der Waals surface area contributed by atoms with Crippen LogP contribution in [-0.2, 0) is 9.59 Å². The molecule has 1 heterocycles. The molecule has 0 atom stereocenters. The smallest absolute Gasteiger partial charge is 0.244 e. The van der Waals surface area contributed by atoms with E-state index in [1.165, 1.54) is 11.8 Å². The van der Waals surface area contributed by atoms with Crippen LogP contribution < -0.4 is 5.32 Å². The number of nitrogens with zero attached hydrogens (tertiary/aromatic N) is 3. The number of hydrogen-bond acceptors (Lipinski definition) is 3.